The molecular formula is C40H44N2O16. The maximum absolute atomic E-state index is 14.0. The molecule has 2 aromatic carbocycles. The highest BCUT2D eigenvalue weighted by molar-refractivity contribution is 6.31. The zero-order valence-electron chi connectivity index (χ0n) is 32.2. The van der Waals surface area contributed by atoms with Gasteiger partial charge in [-0.2, -0.15) is 0 Å². The van der Waals surface area contributed by atoms with Gasteiger partial charge >= 0.3 is 0 Å². The van der Waals surface area contributed by atoms with Gasteiger partial charge in [0.15, 0.2) is 36.2 Å². The van der Waals surface area contributed by atoms with Crippen LogP contribution < -0.4 is 4.74 Å². The Morgan fingerprint density at radius 2 is 1.72 bits per heavy atom. The van der Waals surface area contributed by atoms with Crippen LogP contribution in [-0.2, 0) is 49.3 Å². The number of Topliss-reactive ketones (excluding diaryl/α,β-unsaturated/α-hetero) is 2. The number of aliphatic hydroxyl groups is 2. The van der Waals surface area contributed by atoms with Gasteiger partial charge in [0, 0.05) is 74.4 Å². The Labute approximate surface area is 331 Å². The molecule has 58 heavy (non-hydrogen) atoms. The minimum absolute atomic E-state index is 0.0468. The summed E-state index contributed by atoms with van der Waals surface area (Å²) in [6.07, 6.45) is -7.20. The molecule has 0 radical (unpaired) electrons. The van der Waals surface area contributed by atoms with E-state index in [0.29, 0.717) is 0 Å². The standard InChI is InChI=1S/C40H44N2O16/c1-16-8-26(46)42(37(16)51)13-18(44)9-19-14-41-22-10-27(55-17(2)36(22)58-38(41)39(54-4)56-19)57-24-12-40(52,25(45)15-43)11-21-29(24)35(50)31-30(33(21)48)32(47)20-6-5-7-23(53-3)28(20)34(31)49/h5-7,16-17,19,22,24,27,36,38-39,43,48,50,52H,8-15H2,1-4H3/t16?,17-,19?,22-,24-,27-,36+,38+,39-,40-/m0/s1. The minimum atomic E-state index is -2.32. The summed E-state index contributed by atoms with van der Waals surface area (Å²) in [5.74, 6) is -5.62. The second-order valence-electron chi connectivity index (χ2n) is 15.8. The number of phenols is 2. The first-order valence-electron chi connectivity index (χ1n) is 19.1. The summed E-state index contributed by atoms with van der Waals surface area (Å²) < 4.78 is 36.2. The van der Waals surface area contributed by atoms with E-state index in [2.05, 4.69) is 0 Å². The second kappa shape index (κ2) is 14.9. The lowest BCUT2D eigenvalue weighted by Crippen LogP contribution is -2.58. The number of rotatable bonds is 10. The van der Waals surface area contributed by atoms with Gasteiger partial charge in [0.1, 0.15) is 35.6 Å². The van der Waals surface area contributed by atoms with Gasteiger partial charge in [0.05, 0.1) is 48.7 Å². The fraction of sp³-hybridized carbons (Fsp3) is 0.550. The molecule has 4 fully saturated rings. The van der Waals surface area contributed by atoms with Crippen LogP contribution in [0.25, 0.3) is 0 Å². The van der Waals surface area contributed by atoms with Crippen molar-refractivity contribution in [1.29, 1.82) is 0 Å². The van der Waals surface area contributed by atoms with Crippen LogP contribution in [0.4, 0.5) is 0 Å². The van der Waals surface area contributed by atoms with Crippen LogP contribution >= 0.6 is 0 Å². The number of hydrogen-bond donors (Lipinski definition) is 4. The molecule has 18 heteroatoms. The van der Waals surface area contributed by atoms with Crippen molar-refractivity contribution in [3.8, 4) is 17.2 Å². The van der Waals surface area contributed by atoms with Crippen LogP contribution in [0.15, 0.2) is 18.2 Å². The van der Waals surface area contributed by atoms with Gasteiger partial charge in [-0.25, -0.2) is 0 Å². The first-order valence-corrected chi connectivity index (χ1v) is 19.1. The van der Waals surface area contributed by atoms with Crippen LogP contribution in [0.3, 0.4) is 0 Å². The molecule has 310 valence electrons. The number of phenolic OH excluding ortho intramolecular Hbond substituents is 2. The second-order valence-corrected chi connectivity index (χ2v) is 15.8. The number of amides is 2. The summed E-state index contributed by atoms with van der Waals surface area (Å²) in [5, 5.41) is 45.1. The number of hydrogen-bond acceptors (Lipinski definition) is 17. The predicted molar refractivity (Wildman–Crippen MR) is 193 cm³/mol. The number of fused-ring (bicyclic) bond motifs is 6. The highest BCUT2D eigenvalue weighted by Gasteiger charge is 2.56. The van der Waals surface area contributed by atoms with Crippen molar-refractivity contribution in [2.24, 2.45) is 5.92 Å². The van der Waals surface area contributed by atoms with E-state index in [1.807, 2.05) is 4.90 Å². The van der Waals surface area contributed by atoms with E-state index >= 15 is 0 Å². The molecule has 0 saturated carbocycles. The number of ketones is 4. The van der Waals surface area contributed by atoms with E-state index in [1.54, 1.807) is 13.8 Å². The van der Waals surface area contributed by atoms with E-state index in [4.69, 9.17) is 28.4 Å². The van der Waals surface area contributed by atoms with E-state index in [-0.39, 0.29) is 66.1 Å². The Morgan fingerprint density at radius 3 is 2.40 bits per heavy atom. The Bertz CT molecular complexity index is 2120. The Morgan fingerprint density at radius 1 is 0.983 bits per heavy atom. The van der Waals surface area contributed by atoms with Crippen molar-refractivity contribution >= 4 is 34.9 Å². The minimum Gasteiger partial charge on any atom is -0.507 e. The highest BCUT2D eigenvalue weighted by atomic mass is 16.7. The highest BCUT2D eigenvalue weighted by Crippen LogP contribution is 2.53. The quantitative estimate of drug-likeness (QED) is 0.160. The number of likely N-dealkylation sites (tertiary alicyclic amines) is 1. The summed E-state index contributed by atoms with van der Waals surface area (Å²) >= 11 is 0. The molecule has 0 bridgehead atoms. The molecule has 2 unspecified atom stereocenters. The van der Waals surface area contributed by atoms with Crippen molar-refractivity contribution in [1.82, 2.24) is 9.80 Å². The lowest BCUT2D eigenvalue weighted by molar-refractivity contribution is -0.271. The number of nitrogens with zero attached hydrogens (tertiary/aromatic N) is 2. The Balaban J connectivity index is 1.09. The van der Waals surface area contributed by atoms with Crippen molar-refractivity contribution in [2.75, 3.05) is 33.9 Å². The molecule has 4 N–H and O–H groups in total. The normalized spacial score (nSPS) is 33.0. The Hall–Kier alpha value is -4.66. The van der Waals surface area contributed by atoms with Crippen molar-refractivity contribution in [2.45, 2.75) is 101 Å². The third kappa shape index (κ3) is 6.33. The SMILES string of the molecule is COc1cccc2c1C(=O)c1c(O)c3c(c(O)c1C2=O)C[C@@](O)(C(=O)CO)C[C@@H]3O[C@H]1C[C@H]2[C@H](O[C@@H]3[C@@H](OC)OC(CC(=O)CN4C(=O)CC(C)C4=O)CN32)[C@H](C)O1. The van der Waals surface area contributed by atoms with Gasteiger partial charge < -0.3 is 48.8 Å². The fourth-order valence-corrected chi connectivity index (χ4v) is 9.42. The zero-order chi connectivity index (χ0) is 41.5. The first-order chi connectivity index (χ1) is 27.6. The molecule has 4 heterocycles. The van der Waals surface area contributed by atoms with Gasteiger partial charge in [-0.05, 0) is 13.0 Å². The molecule has 0 aromatic heterocycles. The average molecular weight is 809 g/mol. The summed E-state index contributed by atoms with van der Waals surface area (Å²) in [5.41, 5.74) is -3.88. The first kappa shape index (κ1) is 40.1. The molecule has 8 rings (SSSR count). The monoisotopic (exact) mass is 808 g/mol. The zero-order valence-corrected chi connectivity index (χ0v) is 32.2. The smallest absolute Gasteiger partial charge is 0.232 e. The van der Waals surface area contributed by atoms with E-state index < -0.39 is 132 Å². The third-order valence-corrected chi connectivity index (χ3v) is 12.2. The van der Waals surface area contributed by atoms with Gasteiger partial charge in [0.2, 0.25) is 17.6 Å². The lowest BCUT2D eigenvalue weighted by atomic mass is 9.72. The summed E-state index contributed by atoms with van der Waals surface area (Å²) in [4.78, 5) is 81.8. The number of aliphatic hydroxyl groups excluding tert-OH is 1. The van der Waals surface area contributed by atoms with Crippen molar-refractivity contribution in [3.05, 3.63) is 51.6 Å². The van der Waals surface area contributed by atoms with Crippen molar-refractivity contribution in [3.63, 3.8) is 0 Å². The average Bonchev–Trinajstić information content (AvgIpc) is 3.68. The maximum Gasteiger partial charge on any atom is 0.232 e. The number of aromatic hydroxyl groups is 2. The molecule has 2 aromatic rings. The predicted octanol–water partition coefficient (Wildman–Crippen LogP) is 0.434. The molecule has 0 spiro atoms. The third-order valence-electron chi connectivity index (χ3n) is 12.2. The van der Waals surface area contributed by atoms with Gasteiger partial charge in [0.25, 0.3) is 0 Å². The number of benzene rings is 2. The van der Waals surface area contributed by atoms with Crippen LogP contribution in [0.2, 0.25) is 0 Å². The maximum atomic E-state index is 14.0. The molecule has 18 nitrogen and oxygen atoms in total. The van der Waals surface area contributed by atoms with Crippen LogP contribution in [0.1, 0.15) is 88.6 Å². The molecule has 2 aliphatic carbocycles. The Kier molecular flexibility index (Phi) is 10.3. The van der Waals surface area contributed by atoms with Gasteiger partial charge in [-0.3, -0.25) is 38.6 Å². The number of carbonyl (C=O) groups is 6. The number of imide groups is 1. The molecule has 2 amide bonds. The number of ether oxygens (including phenoxy) is 6. The van der Waals surface area contributed by atoms with E-state index in [1.165, 1.54) is 32.4 Å². The van der Waals surface area contributed by atoms with Crippen LogP contribution in [-0.4, -0.2) is 148 Å². The van der Waals surface area contributed by atoms with Crippen molar-refractivity contribution < 1.29 is 77.6 Å². The van der Waals surface area contributed by atoms with Crippen LogP contribution in [0.5, 0.6) is 17.2 Å². The number of carbonyl (C=O) groups excluding carboxylic acids is 6. The number of methoxy groups -OCH3 is 2. The molecule has 6 aliphatic rings. The molecule has 10 atom stereocenters. The molecular weight excluding hydrogens is 764 g/mol. The molecule has 4 saturated heterocycles. The molecule has 4 aliphatic heterocycles. The van der Waals surface area contributed by atoms with Gasteiger partial charge in [-0.1, -0.05) is 19.1 Å². The topological polar surface area (TPSA) is 245 Å². The van der Waals surface area contributed by atoms with Crippen LogP contribution in [0, 0.1) is 5.92 Å². The lowest BCUT2D eigenvalue weighted by Gasteiger charge is -2.44. The summed E-state index contributed by atoms with van der Waals surface area (Å²) in [6.45, 7) is 2.14. The van der Waals surface area contributed by atoms with E-state index in [0.717, 1.165) is 4.90 Å². The summed E-state index contributed by atoms with van der Waals surface area (Å²) in [7, 11) is 2.74. The van der Waals surface area contributed by atoms with E-state index in [9.17, 15) is 49.2 Å². The largest absolute Gasteiger partial charge is 0.507 e. The number of morpholine rings is 1. The summed E-state index contributed by atoms with van der Waals surface area (Å²) in [6, 6.07) is 3.91. The fourth-order valence-electron chi connectivity index (χ4n) is 9.42. The van der Waals surface area contributed by atoms with Gasteiger partial charge in [-0.15, -0.1) is 0 Å².